The Morgan fingerprint density at radius 1 is 0.947 bits per heavy atom. The average molecular weight is 605 g/mol. The Labute approximate surface area is 231 Å². The summed E-state index contributed by atoms with van der Waals surface area (Å²) in [5.74, 6) is -1.45. The summed E-state index contributed by atoms with van der Waals surface area (Å²) in [6, 6.07) is 20.4. The summed E-state index contributed by atoms with van der Waals surface area (Å²) >= 11 is 3.44. The number of halogens is 2. The number of nitrogens with zero attached hydrogens (tertiary/aromatic N) is 2. The van der Waals surface area contributed by atoms with Crippen molar-refractivity contribution in [2.24, 2.45) is 0 Å². The van der Waals surface area contributed by atoms with E-state index in [1.807, 2.05) is 68.4 Å². The molecule has 3 aromatic carbocycles. The van der Waals surface area contributed by atoms with Crippen molar-refractivity contribution in [2.45, 2.75) is 38.9 Å². The van der Waals surface area contributed by atoms with Crippen molar-refractivity contribution in [1.29, 1.82) is 0 Å². The first kappa shape index (κ1) is 29.3. The number of hydrogen-bond donors (Lipinski definition) is 1. The Morgan fingerprint density at radius 3 is 2.16 bits per heavy atom. The van der Waals surface area contributed by atoms with Crippen LogP contribution < -0.4 is 9.62 Å². The summed E-state index contributed by atoms with van der Waals surface area (Å²) in [6.45, 7) is 3.18. The number of carbonyl (C=O) groups excluding carboxylic acids is 2. The Kier molecular flexibility index (Phi) is 10.0. The second kappa shape index (κ2) is 13.0. The first-order chi connectivity index (χ1) is 17.9. The zero-order chi connectivity index (χ0) is 27.9. The van der Waals surface area contributed by atoms with Gasteiger partial charge >= 0.3 is 0 Å². The maximum absolute atomic E-state index is 13.9. The van der Waals surface area contributed by atoms with Crippen LogP contribution in [0.25, 0.3) is 0 Å². The number of hydrogen-bond acceptors (Lipinski definition) is 4. The molecule has 202 valence electrons. The summed E-state index contributed by atoms with van der Waals surface area (Å²) in [6.07, 6.45) is 1.21. The molecule has 0 spiro atoms. The van der Waals surface area contributed by atoms with Crippen LogP contribution in [-0.2, 0) is 32.6 Å². The third-order valence-electron chi connectivity index (χ3n) is 5.74. The molecule has 7 nitrogen and oxygen atoms in total. The maximum Gasteiger partial charge on any atom is 0.244 e. The van der Waals surface area contributed by atoms with Gasteiger partial charge in [0.05, 0.1) is 11.9 Å². The molecule has 0 aliphatic heterocycles. The maximum atomic E-state index is 13.9. The highest BCUT2D eigenvalue weighted by molar-refractivity contribution is 9.10. The lowest BCUT2D eigenvalue weighted by Gasteiger charge is -2.34. The van der Waals surface area contributed by atoms with E-state index in [2.05, 4.69) is 21.2 Å². The molecule has 3 aromatic rings. The van der Waals surface area contributed by atoms with Crippen LogP contribution in [0, 0.1) is 5.82 Å². The third-order valence-corrected chi connectivity index (χ3v) is 7.37. The van der Waals surface area contributed by atoms with Crippen LogP contribution in [0.4, 0.5) is 10.1 Å². The van der Waals surface area contributed by atoms with Gasteiger partial charge in [-0.3, -0.25) is 13.9 Å². The van der Waals surface area contributed by atoms with E-state index < -0.39 is 34.3 Å². The van der Waals surface area contributed by atoms with Crippen molar-refractivity contribution >= 4 is 43.5 Å². The summed E-state index contributed by atoms with van der Waals surface area (Å²) in [5.41, 5.74) is 1.76. The minimum atomic E-state index is -3.91. The van der Waals surface area contributed by atoms with Crippen LogP contribution in [0.5, 0.6) is 0 Å². The minimum Gasteiger partial charge on any atom is -0.352 e. The molecule has 0 fully saturated rings. The monoisotopic (exact) mass is 603 g/mol. The van der Waals surface area contributed by atoms with Crippen LogP contribution in [0.15, 0.2) is 83.3 Å². The van der Waals surface area contributed by atoms with Crippen LogP contribution in [0.2, 0.25) is 0 Å². The van der Waals surface area contributed by atoms with Crippen molar-refractivity contribution < 1.29 is 22.4 Å². The predicted molar refractivity (Wildman–Crippen MR) is 150 cm³/mol. The molecule has 2 amide bonds. The SMILES string of the molecule is CC(C)NC(=O)[C@@H](Cc1ccccc1)N(Cc1cccc(Br)c1)C(=O)CN(c1ccc(F)cc1)S(C)(=O)=O. The van der Waals surface area contributed by atoms with E-state index in [9.17, 15) is 22.4 Å². The van der Waals surface area contributed by atoms with Crippen molar-refractivity contribution in [3.8, 4) is 0 Å². The fourth-order valence-electron chi connectivity index (χ4n) is 3.99. The number of anilines is 1. The number of rotatable bonds is 11. The lowest BCUT2D eigenvalue weighted by Crippen LogP contribution is -2.54. The highest BCUT2D eigenvalue weighted by Gasteiger charge is 2.33. The molecular formula is C28H31BrFN3O4S. The van der Waals surface area contributed by atoms with E-state index in [0.717, 1.165) is 38.3 Å². The Morgan fingerprint density at radius 2 is 1.58 bits per heavy atom. The van der Waals surface area contributed by atoms with E-state index in [-0.39, 0.29) is 30.6 Å². The van der Waals surface area contributed by atoms with Gasteiger partial charge in [-0.05, 0) is 61.4 Å². The topological polar surface area (TPSA) is 86.8 Å². The highest BCUT2D eigenvalue weighted by Crippen LogP contribution is 2.21. The zero-order valence-electron chi connectivity index (χ0n) is 21.5. The van der Waals surface area contributed by atoms with E-state index in [0.29, 0.717) is 0 Å². The molecule has 0 aromatic heterocycles. The van der Waals surface area contributed by atoms with Gasteiger partial charge in [-0.1, -0.05) is 58.4 Å². The first-order valence-electron chi connectivity index (χ1n) is 12.1. The molecule has 0 saturated carbocycles. The van der Waals surface area contributed by atoms with Crippen LogP contribution in [0.1, 0.15) is 25.0 Å². The van der Waals surface area contributed by atoms with E-state index >= 15 is 0 Å². The molecule has 10 heteroatoms. The minimum absolute atomic E-state index is 0.0717. The molecule has 0 saturated heterocycles. The standard InChI is InChI=1S/C28H31BrFN3O4S/c1-20(2)31-28(35)26(17-21-8-5-4-6-9-21)32(18-22-10-7-11-23(29)16-22)27(34)19-33(38(3,36)37)25-14-12-24(30)13-15-25/h4-16,20,26H,17-19H2,1-3H3,(H,31,35)/t26-/m1/s1. The largest absolute Gasteiger partial charge is 0.352 e. The molecule has 38 heavy (non-hydrogen) atoms. The quantitative estimate of drug-likeness (QED) is 0.349. The fourth-order valence-corrected chi connectivity index (χ4v) is 5.28. The van der Waals surface area contributed by atoms with Gasteiger partial charge in [0.25, 0.3) is 0 Å². The molecule has 1 atom stereocenters. The summed E-state index contributed by atoms with van der Waals surface area (Å²) < 4.78 is 40.6. The smallest absolute Gasteiger partial charge is 0.244 e. The number of sulfonamides is 1. The molecule has 0 heterocycles. The second-order valence-corrected chi connectivity index (χ2v) is 12.1. The molecule has 0 aliphatic rings. The molecule has 0 unspecified atom stereocenters. The van der Waals surface area contributed by atoms with Gasteiger partial charge in [0.15, 0.2) is 0 Å². The summed E-state index contributed by atoms with van der Waals surface area (Å²) in [5, 5.41) is 2.90. The number of amides is 2. The van der Waals surface area contributed by atoms with Crippen LogP contribution >= 0.6 is 15.9 Å². The van der Waals surface area contributed by atoms with E-state index in [1.54, 1.807) is 0 Å². The van der Waals surface area contributed by atoms with Crippen LogP contribution in [0.3, 0.4) is 0 Å². The molecule has 0 radical (unpaired) electrons. The molecule has 1 N–H and O–H groups in total. The number of benzene rings is 3. The lowest BCUT2D eigenvalue weighted by molar-refractivity contribution is -0.140. The first-order valence-corrected chi connectivity index (χ1v) is 14.7. The predicted octanol–water partition coefficient (Wildman–Crippen LogP) is 4.52. The van der Waals surface area contributed by atoms with Crippen molar-refractivity contribution in [3.63, 3.8) is 0 Å². The molecule has 3 rings (SSSR count). The van der Waals surface area contributed by atoms with Gasteiger partial charge in [0, 0.05) is 23.5 Å². The van der Waals surface area contributed by atoms with Gasteiger partial charge in [-0.25, -0.2) is 12.8 Å². The van der Waals surface area contributed by atoms with Crippen molar-refractivity contribution in [2.75, 3.05) is 17.1 Å². The normalized spacial score (nSPS) is 12.2. The van der Waals surface area contributed by atoms with Crippen LogP contribution in [-0.4, -0.2) is 50.0 Å². The fraction of sp³-hybridized carbons (Fsp3) is 0.286. The van der Waals surface area contributed by atoms with Gasteiger partial charge < -0.3 is 10.2 Å². The summed E-state index contributed by atoms with van der Waals surface area (Å²) in [7, 11) is -3.91. The van der Waals surface area contributed by atoms with Crippen molar-refractivity contribution in [3.05, 3.63) is 100 Å². The second-order valence-electron chi connectivity index (χ2n) is 9.27. The molecular weight excluding hydrogens is 573 g/mol. The highest BCUT2D eigenvalue weighted by atomic mass is 79.9. The molecule has 0 bridgehead atoms. The van der Waals surface area contributed by atoms with Gasteiger partial charge in [0.1, 0.15) is 18.4 Å². The number of carbonyl (C=O) groups is 2. The Balaban J connectivity index is 2.05. The lowest BCUT2D eigenvalue weighted by atomic mass is 10.0. The van der Waals surface area contributed by atoms with Gasteiger partial charge in [-0.2, -0.15) is 0 Å². The molecule has 0 aliphatic carbocycles. The third kappa shape index (κ3) is 8.39. The summed E-state index contributed by atoms with van der Waals surface area (Å²) in [4.78, 5) is 28.8. The zero-order valence-corrected chi connectivity index (χ0v) is 23.9. The number of nitrogens with one attached hydrogen (secondary N) is 1. The average Bonchev–Trinajstić information content (AvgIpc) is 2.85. The Hall–Kier alpha value is -3.24. The van der Waals surface area contributed by atoms with Gasteiger partial charge in [-0.15, -0.1) is 0 Å². The van der Waals surface area contributed by atoms with E-state index in [1.165, 1.54) is 17.0 Å². The van der Waals surface area contributed by atoms with Crippen molar-refractivity contribution in [1.82, 2.24) is 10.2 Å². The Bertz CT molecular complexity index is 1350. The van der Waals surface area contributed by atoms with Gasteiger partial charge in [0.2, 0.25) is 21.8 Å². The van der Waals surface area contributed by atoms with E-state index in [4.69, 9.17) is 0 Å².